The van der Waals surface area contributed by atoms with Gasteiger partial charge in [0, 0.05) is 20.9 Å². The minimum absolute atomic E-state index is 0.0614. The van der Waals surface area contributed by atoms with Crippen molar-refractivity contribution in [1.82, 2.24) is 5.32 Å². The normalized spacial score (nSPS) is 16.6. The van der Waals surface area contributed by atoms with Gasteiger partial charge in [-0.2, -0.15) is 0 Å². The third-order valence-corrected chi connectivity index (χ3v) is 4.27. The molecule has 0 aromatic heterocycles. The summed E-state index contributed by atoms with van der Waals surface area (Å²) in [7, 11) is 0. The summed E-state index contributed by atoms with van der Waals surface area (Å²) >= 11 is 6.69. The second-order valence-electron chi connectivity index (χ2n) is 4.46. The van der Waals surface area contributed by atoms with Crippen LogP contribution in [0.25, 0.3) is 0 Å². The quantitative estimate of drug-likeness (QED) is 0.865. The summed E-state index contributed by atoms with van der Waals surface area (Å²) in [4.78, 5) is 12.0. The Morgan fingerprint density at radius 2 is 2.12 bits per heavy atom. The van der Waals surface area contributed by atoms with Crippen LogP contribution in [0.4, 0.5) is 0 Å². The molecule has 5 heteroatoms. The molecule has 1 aromatic rings. The fourth-order valence-electron chi connectivity index (χ4n) is 1.60. The minimum Gasteiger partial charge on any atom is -0.396 e. The Bertz CT molecular complexity index is 444. The highest BCUT2D eigenvalue weighted by Gasteiger charge is 2.42. The van der Waals surface area contributed by atoms with Crippen LogP contribution >= 0.6 is 31.9 Å². The highest BCUT2D eigenvalue weighted by atomic mass is 79.9. The third kappa shape index (κ3) is 3.09. The van der Waals surface area contributed by atoms with Gasteiger partial charge >= 0.3 is 0 Å². The van der Waals surface area contributed by atoms with Gasteiger partial charge in [0.05, 0.1) is 12.2 Å². The molecular formula is C12H13Br2NO2. The van der Waals surface area contributed by atoms with E-state index in [9.17, 15) is 9.90 Å². The van der Waals surface area contributed by atoms with Crippen LogP contribution in [0.5, 0.6) is 0 Å². The molecule has 1 aromatic carbocycles. The number of aliphatic hydroxyl groups excluding tert-OH is 1. The van der Waals surface area contributed by atoms with E-state index >= 15 is 0 Å². The number of hydrogen-bond donors (Lipinski definition) is 2. The van der Waals surface area contributed by atoms with Crippen LogP contribution in [0.3, 0.4) is 0 Å². The van der Waals surface area contributed by atoms with Gasteiger partial charge < -0.3 is 10.4 Å². The first-order chi connectivity index (χ1) is 8.06. The smallest absolute Gasteiger partial charge is 0.252 e. The average Bonchev–Trinajstić information content (AvgIpc) is 3.10. The highest BCUT2D eigenvalue weighted by molar-refractivity contribution is 9.11. The predicted octanol–water partition coefficient (Wildman–Crippen LogP) is 2.71. The Morgan fingerprint density at radius 3 is 2.71 bits per heavy atom. The number of aliphatic hydroxyl groups is 1. The fraction of sp³-hybridized carbons (Fsp3) is 0.417. The summed E-state index contributed by atoms with van der Waals surface area (Å²) in [6.07, 6.45) is 1.98. The number of carbonyl (C=O) groups is 1. The Kier molecular flexibility index (Phi) is 3.90. The zero-order valence-corrected chi connectivity index (χ0v) is 12.3. The summed E-state index contributed by atoms with van der Waals surface area (Å²) in [5, 5.41) is 12.0. The number of carbonyl (C=O) groups excluding carboxylic acids is 1. The first-order valence-electron chi connectivity index (χ1n) is 5.40. The molecule has 0 unspecified atom stereocenters. The van der Waals surface area contributed by atoms with Crippen molar-refractivity contribution < 1.29 is 9.90 Å². The molecule has 17 heavy (non-hydrogen) atoms. The first-order valence-corrected chi connectivity index (χ1v) is 6.99. The predicted molar refractivity (Wildman–Crippen MR) is 72.9 cm³/mol. The first kappa shape index (κ1) is 13.1. The van der Waals surface area contributed by atoms with E-state index in [1.165, 1.54) is 0 Å². The molecule has 0 spiro atoms. The molecule has 1 amide bonds. The number of benzene rings is 1. The van der Waals surface area contributed by atoms with Crippen molar-refractivity contribution in [3.8, 4) is 0 Å². The van der Waals surface area contributed by atoms with E-state index in [-0.39, 0.29) is 17.9 Å². The van der Waals surface area contributed by atoms with E-state index in [2.05, 4.69) is 37.2 Å². The summed E-state index contributed by atoms with van der Waals surface area (Å²) in [5.41, 5.74) is 0.543. The van der Waals surface area contributed by atoms with Crippen LogP contribution in [-0.4, -0.2) is 24.2 Å². The number of hydrogen-bond acceptors (Lipinski definition) is 2. The van der Waals surface area contributed by atoms with Gasteiger partial charge in [0.15, 0.2) is 0 Å². The van der Waals surface area contributed by atoms with Crippen molar-refractivity contribution in [3.63, 3.8) is 0 Å². The third-order valence-electron chi connectivity index (χ3n) is 3.09. The number of halogens is 2. The second kappa shape index (κ2) is 5.08. The lowest BCUT2D eigenvalue weighted by Crippen LogP contribution is -2.32. The number of amides is 1. The summed E-state index contributed by atoms with van der Waals surface area (Å²) < 4.78 is 1.64. The Hall–Kier alpha value is -0.390. The van der Waals surface area contributed by atoms with Gasteiger partial charge in [0.1, 0.15) is 0 Å². The molecule has 1 aliphatic carbocycles. The lowest BCUT2D eigenvalue weighted by atomic mass is 10.1. The summed E-state index contributed by atoms with van der Waals surface area (Å²) in [6.45, 7) is 0.689. The van der Waals surface area contributed by atoms with E-state index in [0.29, 0.717) is 12.1 Å². The SMILES string of the molecule is O=C(NCC1(CO)CC1)c1cc(Br)ccc1Br. The maximum atomic E-state index is 12.0. The van der Waals surface area contributed by atoms with Gasteiger partial charge in [-0.15, -0.1) is 0 Å². The van der Waals surface area contributed by atoms with Crippen molar-refractivity contribution in [1.29, 1.82) is 0 Å². The van der Waals surface area contributed by atoms with Gasteiger partial charge in [0.25, 0.3) is 5.91 Å². The summed E-state index contributed by atoms with van der Waals surface area (Å²) in [5.74, 6) is -0.113. The van der Waals surface area contributed by atoms with E-state index in [1.54, 1.807) is 6.07 Å². The molecule has 1 saturated carbocycles. The average molecular weight is 363 g/mol. The fourth-order valence-corrected chi connectivity index (χ4v) is 2.39. The molecule has 0 bridgehead atoms. The van der Waals surface area contributed by atoms with Gasteiger partial charge in [-0.1, -0.05) is 15.9 Å². The summed E-state index contributed by atoms with van der Waals surface area (Å²) in [6, 6.07) is 5.48. The van der Waals surface area contributed by atoms with Crippen molar-refractivity contribution in [3.05, 3.63) is 32.7 Å². The monoisotopic (exact) mass is 361 g/mol. The van der Waals surface area contributed by atoms with Crippen molar-refractivity contribution in [2.24, 2.45) is 5.41 Å². The Labute approximate surface area is 117 Å². The van der Waals surface area contributed by atoms with Crippen LogP contribution in [-0.2, 0) is 0 Å². The molecule has 0 heterocycles. The van der Waals surface area contributed by atoms with Crippen molar-refractivity contribution in [2.75, 3.05) is 13.2 Å². The molecule has 0 atom stereocenters. The van der Waals surface area contributed by atoms with Gasteiger partial charge in [0.2, 0.25) is 0 Å². The van der Waals surface area contributed by atoms with Crippen LogP contribution in [0.2, 0.25) is 0 Å². The van der Waals surface area contributed by atoms with Crippen molar-refractivity contribution in [2.45, 2.75) is 12.8 Å². The maximum absolute atomic E-state index is 12.0. The largest absolute Gasteiger partial charge is 0.396 e. The molecule has 3 nitrogen and oxygen atoms in total. The van der Waals surface area contributed by atoms with Crippen LogP contribution in [0.15, 0.2) is 27.1 Å². The molecule has 0 radical (unpaired) electrons. The number of rotatable bonds is 4. The molecule has 2 rings (SSSR count). The second-order valence-corrected chi connectivity index (χ2v) is 6.23. The van der Waals surface area contributed by atoms with Crippen LogP contribution in [0, 0.1) is 5.41 Å². The Balaban J connectivity index is 2.02. The molecule has 2 N–H and O–H groups in total. The maximum Gasteiger partial charge on any atom is 0.252 e. The molecule has 0 aliphatic heterocycles. The van der Waals surface area contributed by atoms with E-state index in [0.717, 1.165) is 21.8 Å². The number of nitrogens with one attached hydrogen (secondary N) is 1. The molecule has 1 fully saturated rings. The Morgan fingerprint density at radius 1 is 1.41 bits per heavy atom. The van der Waals surface area contributed by atoms with Gasteiger partial charge in [-0.25, -0.2) is 0 Å². The molecule has 1 aliphatic rings. The topological polar surface area (TPSA) is 49.3 Å². The van der Waals surface area contributed by atoms with E-state index in [4.69, 9.17) is 0 Å². The van der Waals surface area contributed by atoms with Crippen LogP contribution < -0.4 is 5.32 Å². The lowest BCUT2D eigenvalue weighted by Gasteiger charge is -2.13. The minimum atomic E-state index is -0.113. The molecular weight excluding hydrogens is 350 g/mol. The van der Waals surface area contributed by atoms with Crippen molar-refractivity contribution >= 4 is 37.8 Å². The van der Waals surface area contributed by atoms with E-state index < -0.39 is 0 Å². The molecule has 0 saturated heterocycles. The van der Waals surface area contributed by atoms with Crippen LogP contribution in [0.1, 0.15) is 23.2 Å². The van der Waals surface area contributed by atoms with Gasteiger partial charge in [-0.3, -0.25) is 4.79 Å². The molecule has 92 valence electrons. The highest BCUT2D eigenvalue weighted by Crippen LogP contribution is 2.44. The standard InChI is InChI=1S/C12H13Br2NO2/c13-8-1-2-10(14)9(5-8)11(17)15-6-12(7-16)3-4-12/h1-2,5,16H,3-4,6-7H2,(H,15,17). The zero-order chi connectivity index (χ0) is 12.5. The van der Waals surface area contributed by atoms with Gasteiger partial charge in [-0.05, 0) is 47.0 Å². The lowest BCUT2D eigenvalue weighted by molar-refractivity contribution is 0.0934. The zero-order valence-electron chi connectivity index (χ0n) is 9.17. The van der Waals surface area contributed by atoms with E-state index in [1.807, 2.05) is 12.1 Å².